The lowest BCUT2D eigenvalue weighted by atomic mass is 9.77. The van der Waals surface area contributed by atoms with E-state index in [2.05, 4.69) is 5.32 Å². The van der Waals surface area contributed by atoms with Gasteiger partial charge < -0.3 is 5.32 Å². The minimum Gasteiger partial charge on any atom is -0.310 e. The highest BCUT2D eigenvalue weighted by Crippen LogP contribution is 2.38. The third kappa shape index (κ3) is 2.09. The monoisotopic (exact) mass is 225 g/mol. The molecule has 16 heavy (non-hydrogen) atoms. The summed E-state index contributed by atoms with van der Waals surface area (Å²) < 4.78 is 26.8. The van der Waals surface area contributed by atoms with Crippen LogP contribution in [-0.2, 0) is 0 Å². The van der Waals surface area contributed by atoms with Crippen molar-refractivity contribution in [3.05, 3.63) is 35.4 Å². The minimum absolute atomic E-state index is 0.0329. The summed E-state index contributed by atoms with van der Waals surface area (Å²) in [4.78, 5) is 0. The lowest BCUT2D eigenvalue weighted by Crippen LogP contribution is -2.32. The van der Waals surface area contributed by atoms with E-state index in [1.165, 1.54) is 12.5 Å². The lowest BCUT2D eigenvalue weighted by Gasteiger charge is -2.34. The largest absolute Gasteiger partial charge is 0.310 e. The van der Waals surface area contributed by atoms with Gasteiger partial charge in [0.25, 0.3) is 0 Å². The van der Waals surface area contributed by atoms with Gasteiger partial charge in [0.15, 0.2) is 11.6 Å². The molecular formula is C13H17F2N. The molecule has 1 aromatic carbocycles. The Bertz CT molecular complexity index is 361. The maximum absolute atomic E-state index is 13.7. The molecule has 1 fully saturated rings. The summed E-state index contributed by atoms with van der Waals surface area (Å²) >= 11 is 0. The van der Waals surface area contributed by atoms with Crippen LogP contribution >= 0.6 is 0 Å². The molecule has 0 heterocycles. The van der Waals surface area contributed by atoms with Gasteiger partial charge in [-0.15, -0.1) is 0 Å². The molecule has 1 saturated carbocycles. The second-order valence-electron chi connectivity index (χ2n) is 4.37. The molecule has 88 valence electrons. The Kier molecular flexibility index (Phi) is 3.54. The zero-order valence-electron chi connectivity index (χ0n) is 9.47. The van der Waals surface area contributed by atoms with Gasteiger partial charge in [-0.25, -0.2) is 8.78 Å². The van der Waals surface area contributed by atoms with Gasteiger partial charge in [0.05, 0.1) is 0 Å². The van der Waals surface area contributed by atoms with Crippen molar-refractivity contribution in [2.24, 2.45) is 5.92 Å². The summed E-state index contributed by atoms with van der Waals surface area (Å²) in [5.41, 5.74) is 0.478. The Balaban J connectivity index is 2.26. The van der Waals surface area contributed by atoms with Crippen LogP contribution in [0.2, 0.25) is 0 Å². The molecule has 2 rings (SSSR count). The molecule has 0 bridgehead atoms. The van der Waals surface area contributed by atoms with Crippen LogP contribution in [0, 0.1) is 17.6 Å². The standard InChI is InChI=1S/C13H17F2N/c1-2-16-13(9-5-3-6-9)10-7-4-8-11(14)12(10)15/h4,7-9,13,16H,2-3,5-6H2,1H3. The van der Waals surface area contributed by atoms with Crippen molar-refractivity contribution in [2.75, 3.05) is 6.54 Å². The summed E-state index contributed by atoms with van der Waals surface area (Å²) in [6, 6.07) is 4.40. The van der Waals surface area contributed by atoms with Crippen LogP contribution in [0.4, 0.5) is 8.78 Å². The van der Waals surface area contributed by atoms with Crippen LogP contribution in [0.5, 0.6) is 0 Å². The van der Waals surface area contributed by atoms with E-state index in [4.69, 9.17) is 0 Å². The number of halogens is 2. The van der Waals surface area contributed by atoms with Crippen molar-refractivity contribution in [3.8, 4) is 0 Å². The van der Waals surface area contributed by atoms with Crippen LogP contribution < -0.4 is 5.32 Å². The van der Waals surface area contributed by atoms with Crippen LogP contribution in [0.3, 0.4) is 0 Å². The molecule has 1 aliphatic rings. The normalized spacial score (nSPS) is 18.2. The molecule has 1 unspecified atom stereocenters. The van der Waals surface area contributed by atoms with E-state index in [1.807, 2.05) is 6.92 Å². The van der Waals surface area contributed by atoms with E-state index in [1.54, 1.807) is 12.1 Å². The third-order valence-corrected chi connectivity index (χ3v) is 3.36. The van der Waals surface area contributed by atoms with Gasteiger partial charge in [0.2, 0.25) is 0 Å². The van der Waals surface area contributed by atoms with Crippen LogP contribution in [-0.4, -0.2) is 6.54 Å². The molecule has 0 spiro atoms. The van der Waals surface area contributed by atoms with Gasteiger partial charge in [0.1, 0.15) is 0 Å². The fourth-order valence-electron chi connectivity index (χ4n) is 2.28. The average molecular weight is 225 g/mol. The highest BCUT2D eigenvalue weighted by molar-refractivity contribution is 5.23. The highest BCUT2D eigenvalue weighted by atomic mass is 19.2. The fourth-order valence-corrected chi connectivity index (χ4v) is 2.28. The second kappa shape index (κ2) is 4.91. The second-order valence-corrected chi connectivity index (χ2v) is 4.37. The van der Waals surface area contributed by atoms with Crippen molar-refractivity contribution in [3.63, 3.8) is 0 Å². The van der Waals surface area contributed by atoms with Crippen LogP contribution in [0.15, 0.2) is 18.2 Å². The molecule has 0 radical (unpaired) electrons. The van der Waals surface area contributed by atoms with Crippen molar-refractivity contribution >= 4 is 0 Å². The van der Waals surface area contributed by atoms with E-state index in [9.17, 15) is 8.78 Å². The molecule has 3 heteroatoms. The smallest absolute Gasteiger partial charge is 0.163 e. The Morgan fingerprint density at radius 3 is 2.69 bits per heavy atom. The number of rotatable bonds is 4. The fraction of sp³-hybridized carbons (Fsp3) is 0.538. The van der Waals surface area contributed by atoms with Gasteiger partial charge in [0, 0.05) is 11.6 Å². The SMILES string of the molecule is CCNC(c1cccc(F)c1F)C1CCC1. The van der Waals surface area contributed by atoms with Gasteiger partial charge in [-0.2, -0.15) is 0 Å². The molecular weight excluding hydrogens is 208 g/mol. The first-order chi connectivity index (χ1) is 7.74. The average Bonchev–Trinajstić information content (AvgIpc) is 2.19. The molecule has 1 aliphatic carbocycles. The predicted molar refractivity (Wildman–Crippen MR) is 60.1 cm³/mol. The minimum atomic E-state index is -0.750. The van der Waals surface area contributed by atoms with E-state index in [-0.39, 0.29) is 6.04 Å². The Morgan fingerprint density at radius 1 is 1.38 bits per heavy atom. The molecule has 0 aliphatic heterocycles. The highest BCUT2D eigenvalue weighted by Gasteiger charge is 2.30. The van der Waals surface area contributed by atoms with Crippen molar-refractivity contribution in [2.45, 2.75) is 32.2 Å². The van der Waals surface area contributed by atoms with Gasteiger partial charge in [-0.3, -0.25) is 0 Å². The summed E-state index contributed by atoms with van der Waals surface area (Å²) in [7, 11) is 0. The van der Waals surface area contributed by atoms with E-state index in [0.717, 1.165) is 19.4 Å². The maximum Gasteiger partial charge on any atom is 0.163 e. The summed E-state index contributed by atoms with van der Waals surface area (Å²) in [5.74, 6) is -0.990. The maximum atomic E-state index is 13.7. The molecule has 1 nitrogen and oxygen atoms in total. The third-order valence-electron chi connectivity index (χ3n) is 3.36. The first-order valence-electron chi connectivity index (χ1n) is 5.91. The Labute approximate surface area is 94.9 Å². The number of nitrogens with one attached hydrogen (secondary N) is 1. The van der Waals surface area contributed by atoms with Gasteiger partial charge in [-0.1, -0.05) is 25.5 Å². The molecule has 0 saturated heterocycles. The van der Waals surface area contributed by atoms with E-state index < -0.39 is 11.6 Å². The molecule has 1 N–H and O–H groups in total. The lowest BCUT2D eigenvalue weighted by molar-refractivity contribution is 0.228. The van der Waals surface area contributed by atoms with E-state index in [0.29, 0.717) is 11.5 Å². The molecule has 0 amide bonds. The summed E-state index contributed by atoms with van der Waals surface area (Å²) in [5, 5.41) is 3.26. The first-order valence-corrected chi connectivity index (χ1v) is 5.91. The zero-order chi connectivity index (χ0) is 11.5. The first kappa shape index (κ1) is 11.5. The predicted octanol–water partition coefficient (Wildman–Crippen LogP) is 3.42. The molecule has 1 atom stereocenters. The summed E-state index contributed by atoms with van der Waals surface area (Å²) in [6.45, 7) is 2.76. The van der Waals surface area contributed by atoms with E-state index >= 15 is 0 Å². The number of benzene rings is 1. The van der Waals surface area contributed by atoms with Gasteiger partial charge >= 0.3 is 0 Å². The number of hydrogen-bond donors (Lipinski definition) is 1. The van der Waals surface area contributed by atoms with Gasteiger partial charge in [-0.05, 0) is 31.4 Å². The Hall–Kier alpha value is -0.960. The van der Waals surface area contributed by atoms with Crippen LogP contribution in [0.1, 0.15) is 37.8 Å². The van der Waals surface area contributed by atoms with Crippen molar-refractivity contribution in [1.29, 1.82) is 0 Å². The van der Waals surface area contributed by atoms with Crippen molar-refractivity contribution in [1.82, 2.24) is 5.32 Å². The molecule has 1 aromatic rings. The molecule has 0 aromatic heterocycles. The topological polar surface area (TPSA) is 12.0 Å². The number of hydrogen-bond acceptors (Lipinski definition) is 1. The van der Waals surface area contributed by atoms with Crippen molar-refractivity contribution < 1.29 is 8.78 Å². The zero-order valence-corrected chi connectivity index (χ0v) is 9.47. The van der Waals surface area contributed by atoms with Crippen LogP contribution in [0.25, 0.3) is 0 Å². The quantitative estimate of drug-likeness (QED) is 0.828. The Morgan fingerprint density at radius 2 is 2.12 bits per heavy atom. The summed E-state index contributed by atoms with van der Waals surface area (Å²) in [6.07, 6.45) is 3.41.